The van der Waals surface area contributed by atoms with Gasteiger partial charge in [0.1, 0.15) is 17.3 Å². The van der Waals surface area contributed by atoms with Crippen LogP contribution in [0.5, 0.6) is 11.5 Å². The smallest absolute Gasteiger partial charge is 0.270 e. The van der Waals surface area contributed by atoms with Crippen LogP contribution in [0.2, 0.25) is 0 Å². The summed E-state index contributed by atoms with van der Waals surface area (Å²) in [5.74, 6) is 2.17. The highest BCUT2D eigenvalue weighted by atomic mass is 16.7. The number of fused-ring (bicyclic) bond motifs is 1. The van der Waals surface area contributed by atoms with Crippen LogP contribution in [0.25, 0.3) is 0 Å². The first-order valence-corrected chi connectivity index (χ1v) is 8.93. The van der Waals surface area contributed by atoms with Crippen molar-refractivity contribution in [3.8, 4) is 11.5 Å². The topological polar surface area (TPSA) is 85.4 Å². The normalized spacial score (nSPS) is 11.9. The largest absolute Gasteiger partial charge is 0.454 e. The predicted molar refractivity (Wildman–Crippen MR) is 105 cm³/mol. The first kappa shape index (κ1) is 17.8. The van der Waals surface area contributed by atoms with E-state index in [2.05, 4.69) is 20.6 Å². The van der Waals surface area contributed by atoms with Crippen LogP contribution in [0.3, 0.4) is 0 Å². The van der Waals surface area contributed by atoms with Crippen LogP contribution in [-0.2, 0) is 6.54 Å². The molecule has 0 bridgehead atoms. The molecule has 0 saturated heterocycles. The molecule has 2 aromatic carbocycles. The zero-order valence-corrected chi connectivity index (χ0v) is 15.7. The second-order valence-corrected chi connectivity index (χ2v) is 6.55. The second-order valence-electron chi connectivity index (χ2n) is 6.55. The summed E-state index contributed by atoms with van der Waals surface area (Å²) in [5.41, 5.74) is 3.31. The number of aromatic nitrogens is 2. The summed E-state index contributed by atoms with van der Waals surface area (Å²) in [5, 5.41) is 6.08. The Bertz CT molecular complexity index is 1020. The van der Waals surface area contributed by atoms with Gasteiger partial charge >= 0.3 is 0 Å². The third-order valence-corrected chi connectivity index (χ3v) is 4.29. The van der Waals surface area contributed by atoms with Crippen molar-refractivity contribution in [1.29, 1.82) is 0 Å². The van der Waals surface area contributed by atoms with E-state index in [1.54, 1.807) is 13.0 Å². The van der Waals surface area contributed by atoms with E-state index in [1.165, 1.54) is 5.56 Å². The van der Waals surface area contributed by atoms with E-state index >= 15 is 0 Å². The molecule has 0 atom stereocenters. The number of rotatable bonds is 5. The molecule has 1 aromatic heterocycles. The van der Waals surface area contributed by atoms with Crippen LogP contribution in [0.4, 0.5) is 11.5 Å². The molecule has 0 radical (unpaired) electrons. The van der Waals surface area contributed by atoms with Crippen LogP contribution in [0.15, 0.2) is 48.5 Å². The Morgan fingerprint density at radius 2 is 1.79 bits per heavy atom. The molecule has 0 fully saturated rings. The SMILES string of the molecule is Cc1ccc(CNC(=O)c2cc(Nc3ccc4c(c3)OCO4)nc(C)n2)cc1. The number of carbonyl (C=O) groups is 1. The third-order valence-electron chi connectivity index (χ3n) is 4.29. The number of hydrogen-bond acceptors (Lipinski definition) is 6. The highest BCUT2D eigenvalue weighted by Gasteiger charge is 2.15. The zero-order chi connectivity index (χ0) is 19.5. The van der Waals surface area contributed by atoms with Crippen molar-refractivity contribution in [3.05, 3.63) is 71.2 Å². The van der Waals surface area contributed by atoms with Gasteiger partial charge < -0.3 is 20.1 Å². The fourth-order valence-electron chi connectivity index (χ4n) is 2.85. The Hall–Kier alpha value is -3.61. The number of hydrogen-bond donors (Lipinski definition) is 2. The van der Waals surface area contributed by atoms with E-state index in [4.69, 9.17) is 9.47 Å². The fourth-order valence-corrected chi connectivity index (χ4v) is 2.85. The molecular formula is C21H20N4O3. The lowest BCUT2D eigenvalue weighted by Crippen LogP contribution is -2.24. The zero-order valence-electron chi connectivity index (χ0n) is 15.7. The van der Waals surface area contributed by atoms with Crippen LogP contribution >= 0.6 is 0 Å². The molecular weight excluding hydrogens is 356 g/mol. The third kappa shape index (κ3) is 4.03. The van der Waals surface area contributed by atoms with E-state index in [-0.39, 0.29) is 12.7 Å². The number of amides is 1. The lowest BCUT2D eigenvalue weighted by Gasteiger charge is -2.10. The first-order valence-electron chi connectivity index (χ1n) is 8.93. The summed E-state index contributed by atoms with van der Waals surface area (Å²) in [6.07, 6.45) is 0. The summed E-state index contributed by atoms with van der Waals surface area (Å²) in [4.78, 5) is 21.1. The van der Waals surface area contributed by atoms with Gasteiger partial charge in [-0.1, -0.05) is 29.8 Å². The molecule has 1 aliphatic heterocycles. The molecule has 0 aliphatic carbocycles. The second kappa shape index (κ2) is 7.56. The van der Waals surface area contributed by atoms with E-state index in [0.29, 0.717) is 35.4 Å². The van der Waals surface area contributed by atoms with Gasteiger partial charge in [0, 0.05) is 24.4 Å². The van der Waals surface area contributed by atoms with Gasteiger partial charge in [0.25, 0.3) is 5.91 Å². The molecule has 28 heavy (non-hydrogen) atoms. The summed E-state index contributed by atoms with van der Waals surface area (Å²) in [7, 11) is 0. The van der Waals surface area contributed by atoms with Crippen molar-refractivity contribution in [2.75, 3.05) is 12.1 Å². The van der Waals surface area contributed by atoms with Crippen LogP contribution in [0.1, 0.15) is 27.4 Å². The molecule has 2 heterocycles. The summed E-state index contributed by atoms with van der Waals surface area (Å²) in [6, 6.07) is 15.2. The van der Waals surface area contributed by atoms with Gasteiger partial charge in [0.15, 0.2) is 11.5 Å². The standard InChI is InChI=1S/C21H20N4O3/c1-13-3-5-15(6-4-13)11-22-21(26)17-10-20(24-14(2)23-17)25-16-7-8-18-19(9-16)28-12-27-18/h3-10H,11-12H2,1-2H3,(H,22,26)(H,23,24,25). The Morgan fingerprint density at radius 3 is 2.61 bits per heavy atom. The average molecular weight is 376 g/mol. The van der Waals surface area contributed by atoms with E-state index < -0.39 is 0 Å². The quantitative estimate of drug-likeness (QED) is 0.709. The molecule has 7 nitrogen and oxygen atoms in total. The molecule has 1 aliphatic rings. The first-order chi connectivity index (χ1) is 13.6. The molecule has 0 unspecified atom stereocenters. The number of nitrogens with zero attached hydrogens (tertiary/aromatic N) is 2. The average Bonchev–Trinajstić information content (AvgIpc) is 3.14. The number of ether oxygens (including phenoxy) is 2. The predicted octanol–water partition coefficient (Wildman–Crippen LogP) is 3.50. The van der Waals surface area contributed by atoms with Gasteiger partial charge in [-0.05, 0) is 31.5 Å². The lowest BCUT2D eigenvalue weighted by atomic mass is 10.1. The van der Waals surface area contributed by atoms with Crippen molar-refractivity contribution in [3.63, 3.8) is 0 Å². The molecule has 0 spiro atoms. The number of carbonyl (C=O) groups excluding carboxylic acids is 1. The van der Waals surface area contributed by atoms with E-state index in [9.17, 15) is 4.79 Å². The summed E-state index contributed by atoms with van der Waals surface area (Å²) in [6.45, 7) is 4.44. The van der Waals surface area contributed by atoms with Crippen molar-refractivity contribution in [2.45, 2.75) is 20.4 Å². The van der Waals surface area contributed by atoms with Crippen LogP contribution < -0.4 is 20.1 Å². The van der Waals surface area contributed by atoms with Crippen molar-refractivity contribution in [1.82, 2.24) is 15.3 Å². The van der Waals surface area contributed by atoms with Crippen molar-refractivity contribution < 1.29 is 14.3 Å². The maximum absolute atomic E-state index is 12.5. The fraction of sp³-hybridized carbons (Fsp3) is 0.190. The number of benzene rings is 2. The molecule has 0 saturated carbocycles. The van der Waals surface area contributed by atoms with Crippen molar-refractivity contribution >= 4 is 17.4 Å². The van der Waals surface area contributed by atoms with Gasteiger partial charge in [0.2, 0.25) is 6.79 Å². The minimum atomic E-state index is -0.250. The molecule has 142 valence electrons. The van der Waals surface area contributed by atoms with E-state index in [1.807, 2.05) is 49.4 Å². The van der Waals surface area contributed by atoms with Gasteiger partial charge in [0.05, 0.1) is 0 Å². The van der Waals surface area contributed by atoms with Gasteiger partial charge in [-0.3, -0.25) is 4.79 Å². The van der Waals surface area contributed by atoms with Crippen molar-refractivity contribution in [2.24, 2.45) is 0 Å². The Morgan fingerprint density at radius 1 is 1.00 bits per heavy atom. The number of nitrogens with one attached hydrogen (secondary N) is 2. The van der Waals surface area contributed by atoms with Crippen LogP contribution in [-0.4, -0.2) is 22.7 Å². The highest BCUT2D eigenvalue weighted by molar-refractivity contribution is 5.93. The van der Waals surface area contributed by atoms with Gasteiger partial charge in [-0.15, -0.1) is 0 Å². The Labute approximate surface area is 162 Å². The van der Waals surface area contributed by atoms with E-state index in [0.717, 1.165) is 11.3 Å². The molecule has 3 aromatic rings. The Balaban J connectivity index is 1.47. The number of anilines is 2. The lowest BCUT2D eigenvalue weighted by molar-refractivity contribution is 0.0945. The highest BCUT2D eigenvalue weighted by Crippen LogP contribution is 2.34. The maximum atomic E-state index is 12.5. The van der Waals surface area contributed by atoms with Crippen LogP contribution in [0, 0.1) is 13.8 Å². The Kier molecular flexibility index (Phi) is 4.80. The summed E-state index contributed by atoms with van der Waals surface area (Å²) >= 11 is 0. The number of aryl methyl sites for hydroxylation is 2. The molecule has 2 N–H and O–H groups in total. The monoisotopic (exact) mass is 376 g/mol. The molecule has 4 rings (SSSR count). The van der Waals surface area contributed by atoms with Gasteiger partial charge in [-0.2, -0.15) is 0 Å². The maximum Gasteiger partial charge on any atom is 0.270 e. The minimum Gasteiger partial charge on any atom is -0.454 e. The summed E-state index contributed by atoms with van der Waals surface area (Å²) < 4.78 is 10.7. The molecule has 7 heteroatoms. The minimum absolute atomic E-state index is 0.219. The molecule has 1 amide bonds. The van der Waals surface area contributed by atoms with Gasteiger partial charge in [-0.25, -0.2) is 9.97 Å².